The van der Waals surface area contributed by atoms with Crippen LogP contribution in [0.5, 0.6) is 0 Å². The summed E-state index contributed by atoms with van der Waals surface area (Å²) in [5, 5.41) is 0. The fourth-order valence-corrected chi connectivity index (χ4v) is 7.57. The standard InChI is InChI=1S/C25H31F3N4O2/c26-25(27,28)16-5-8-19(31-15-16)24(21(30)34)18-7-6-17(22(18)10-11-22)23(24,20(29)33)9-1-2-12-32-13-3-4-14-32/h5-8,15,17-18H,1-4,9-14H2,(H2,29,33)(H2,30,34)/t17-,18+,23+,24-/m1/s1. The van der Waals surface area contributed by atoms with Gasteiger partial charge in [-0.25, -0.2) is 0 Å². The molecular weight excluding hydrogens is 445 g/mol. The second-order valence-corrected chi connectivity index (χ2v) is 10.5. The summed E-state index contributed by atoms with van der Waals surface area (Å²) in [5.41, 5.74) is 8.24. The molecule has 1 aliphatic heterocycles. The van der Waals surface area contributed by atoms with E-state index in [0.717, 1.165) is 51.2 Å². The van der Waals surface area contributed by atoms with Gasteiger partial charge in [0.1, 0.15) is 5.41 Å². The minimum Gasteiger partial charge on any atom is -0.369 e. The molecule has 0 radical (unpaired) electrons. The molecular formula is C25H31F3N4O2. The monoisotopic (exact) mass is 476 g/mol. The first-order valence-electron chi connectivity index (χ1n) is 12.1. The van der Waals surface area contributed by atoms with Crippen molar-refractivity contribution in [2.24, 2.45) is 34.1 Å². The molecule has 184 valence electrons. The molecule has 0 aromatic carbocycles. The fraction of sp³-hybridized carbons (Fsp3) is 0.640. The summed E-state index contributed by atoms with van der Waals surface area (Å²) in [6, 6.07) is 2.14. The van der Waals surface area contributed by atoms with Crippen LogP contribution < -0.4 is 11.5 Å². The molecule has 4 aliphatic rings. The summed E-state index contributed by atoms with van der Waals surface area (Å²) < 4.78 is 39.7. The molecule has 5 rings (SSSR count). The molecule has 9 heteroatoms. The van der Waals surface area contributed by atoms with Crippen molar-refractivity contribution in [1.29, 1.82) is 0 Å². The zero-order chi connectivity index (χ0) is 24.4. The Kier molecular flexibility index (Phi) is 5.35. The Labute approximate surface area is 196 Å². The lowest BCUT2D eigenvalue weighted by molar-refractivity contribution is -0.144. The molecule has 0 unspecified atom stereocenters. The lowest BCUT2D eigenvalue weighted by Gasteiger charge is -2.47. The van der Waals surface area contributed by atoms with E-state index in [9.17, 15) is 22.8 Å². The molecule has 2 heterocycles. The number of nitrogens with two attached hydrogens (primary N) is 2. The third-order valence-electron chi connectivity index (χ3n) is 9.08. The van der Waals surface area contributed by atoms with Crippen LogP contribution in [-0.4, -0.2) is 41.3 Å². The van der Waals surface area contributed by atoms with Gasteiger partial charge >= 0.3 is 6.18 Å². The summed E-state index contributed by atoms with van der Waals surface area (Å²) in [5.74, 6) is -2.03. The minimum atomic E-state index is -4.56. The van der Waals surface area contributed by atoms with Gasteiger partial charge in [-0.15, -0.1) is 0 Å². The second kappa shape index (κ2) is 7.80. The molecule has 3 fully saturated rings. The summed E-state index contributed by atoms with van der Waals surface area (Å²) in [6.45, 7) is 3.04. The molecule has 1 aromatic heterocycles. The number of primary amides is 2. The largest absolute Gasteiger partial charge is 0.417 e. The van der Waals surface area contributed by atoms with Gasteiger partial charge in [0.15, 0.2) is 0 Å². The maximum absolute atomic E-state index is 13.4. The number of allylic oxidation sites excluding steroid dienone is 2. The van der Waals surface area contributed by atoms with Crippen LogP contribution in [0.4, 0.5) is 13.2 Å². The number of carbonyl (C=O) groups is 2. The number of amides is 2. The Morgan fingerprint density at radius 1 is 1.03 bits per heavy atom. The normalized spacial score (nSPS) is 33.6. The SMILES string of the molecule is NC(=O)[C@]1(c2ccc(C(F)(F)F)cn2)[C@H]2C=C[C@H](C23CC3)[C@@]1(CCCCN1CCCC1)C(N)=O. The predicted molar refractivity (Wildman–Crippen MR) is 119 cm³/mol. The first kappa shape index (κ1) is 23.3. The van der Waals surface area contributed by atoms with E-state index in [1.165, 1.54) is 18.9 Å². The average molecular weight is 477 g/mol. The topological polar surface area (TPSA) is 102 Å². The lowest BCUT2D eigenvalue weighted by atomic mass is 9.53. The van der Waals surface area contributed by atoms with Crippen molar-refractivity contribution in [3.05, 3.63) is 41.7 Å². The minimum absolute atomic E-state index is 0.120. The number of hydrogen-bond acceptors (Lipinski definition) is 4. The van der Waals surface area contributed by atoms with Gasteiger partial charge in [0.05, 0.1) is 16.7 Å². The molecule has 2 bridgehead atoms. The molecule has 1 spiro atoms. The maximum Gasteiger partial charge on any atom is 0.417 e. The summed E-state index contributed by atoms with van der Waals surface area (Å²) in [6.07, 6.45) is 5.99. The van der Waals surface area contributed by atoms with Gasteiger partial charge < -0.3 is 16.4 Å². The third-order valence-corrected chi connectivity index (χ3v) is 9.08. The molecule has 2 saturated carbocycles. The van der Waals surface area contributed by atoms with E-state index < -0.39 is 40.3 Å². The van der Waals surface area contributed by atoms with Gasteiger partial charge in [0.25, 0.3) is 0 Å². The van der Waals surface area contributed by atoms with E-state index in [4.69, 9.17) is 11.5 Å². The number of likely N-dealkylation sites (tertiary alicyclic amines) is 1. The van der Waals surface area contributed by atoms with Crippen molar-refractivity contribution in [2.75, 3.05) is 19.6 Å². The number of alkyl halides is 3. The van der Waals surface area contributed by atoms with E-state index in [1.54, 1.807) is 0 Å². The molecule has 1 saturated heterocycles. The number of hydrogen-bond donors (Lipinski definition) is 2. The average Bonchev–Trinajstić information content (AvgIpc) is 3.15. The van der Waals surface area contributed by atoms with E-state index in [-0.39, 0.29) is 17.0 Å². The van der Waals surface area contributed by atoms with Crippen LogP contribution in [0.2, 0.25) is 0 Å². The van der Waals surface area contributed by atoms with Gasteiger partial charge in [-0.05, 0) is 81.6 Å². The maximum atomic E-state index is 13.4. The highest BCUT2D eigenvalue weighted by molar-refractivity contribution is 5.99. The number of rotatable bonds is 8. The zero-order valence-electron chi connectivity index (χ0n) is 19.1. The van der Waals surface area contributed by atoms with Crippen LogP contribution in [0.3, 0.4) is 0 Å². The van der Waals surface area contributed by atoms with Crippen LogP contribution in [-0.2, 0) is 21.2 Å². The van der Waals surface area contributed by atoms with E-state index in [0.29, 0.717) is 12.8 Å². The predicted octanol–water partition coefficient (Wildman–Crippen LogP) is 3.16. The van der Waals surface area contributed by atoms with Crippen LogP contribution in [0.25, 0.3) is 0 Å². The van der Waals surface area contributed by atoms with Gasteiger partial charge in [-0.3, -0.25) is 14.6 Å². The molecule has 34 heavy (non-hydrogen) atoms. The van der Waals surface area contributed by atoms with Gasteiger partial charge in [-0.1, -0.05) is 18.6 Å². The van der Waals surface area contributed by atoms with Crippen LogP contribution in [0.1, 0.15) is 56.2 Å². The number of unbranched alkanes of at least 4 members (excludes halogenated alkanes) is 1. The quantitative estimate of drug-likeness (QED) is 0.444. The number of halogens is 3. The van der Waals surface area contributed by atoms with Gasteiger partial charge in [0, 0.05) is 12.1 Å². The Morgan fingerprint density at radius 2 is 1.71 bits per heavy atom. The highest BCUT2D eigenvalue weighted by Gasteiger charge is 2.83. The van der Waals surface area contributed by atoms with Crippen molar-refractivity contribution in [3.63, 3.8) is 0 Å². The lowest BCUT2D eigenvalue weighted by Crippen LogP contribution is -2.62. The summed E-state index contributed by atoms with van der Waals surface area (Å²) in [7, 11) is 0. The molecule has 4 atom stereocenters. The molecule has 6 nitrogen and oxygen atoms in total. The highest BCUT2D eigenvalue weighted by atomic mass is 19.4. The first-order chi connectivity index (χ1) is 16.1. The van der Waals surface area contributed by atoms with Crippen LogP contribution >= 0.6 is 0 Å². The van der Waals surface area contributed by atoms with Crippen molar-refractivity contribution in [2.45, 2.75) is 56.5 Å². The zero-order valence-corrected chi connectivity index (χ0v) is 19.1. The van der Waals surface area contributed by atoms with Gasteiger partial charge in [-0.2, -0.15) is 13.2 Å². The van der Waals surface area contributed by atoms with Gasteiger partial charge in [0.2, 0.25) is 11.8 Å². The smallest absolute Gasteiger partial charge is 0.369 e. The van der Waals surface area contributed by atoms with E-state index in [2.05, 4.69) is 9.88 Å². The fourth-order valence-electron chi connectivity index (χ4n) is 7.57. The Balaban J connectivity index is 1.57. The van der Waals surface area contributed by atoms with Crippen molar-refractivity contribution in [3.8, 4) is 0 Å². The Morgan fingerprint density at radius 3 is 2.24 bits per heavy atom. The van der Waals surface area contributed by atoms with Crippen LogP contribution in [0, 0.1) is 22.7 Å². The molecule has 3 aliphatic carbocycles. The van der Waals surface area contributed by atoms with Crippen molar-refractivity contribution >= 4 is 11.8 Å². The molecule has 1 aromatic rings. The highest BCUT2D eigenvalue weighted by Crippen LogP contribution is 2.80. The van der Waals surface area contributed by atoms with Crippen molar-refractivity contribution < 1.29 is 22.8 Å². The summed E-state index contributed by atoms with van der Waals surface area (Å²) in [4.78, 5) is 33.3. The first-order valence-corrected chi connectivity index (χ1v) is 12.1. The number of nitrogens with zero attached hydrogens (tertiary/aromatic N) is 2. The molecule has 4 N–H and O–H groups in total. The number of pyridine rings is 1. The van der Waals surface area contributed by atoms with Crippen molar-refractivity contribution in [1.82, 2.24) is 9.88 Å². The Bertz CT molecular complexity index is 1010. The van der Waals surface area contributed by atoms with E-state index >= 15 is 0 Å². The van der Waals surface area contributed by atoms with E-state index in [1.807, 2.05) is 12.2 Å². The molecule has 2 amide bonds. The summed E-state index contributed by atoms with van der Waals surface area (Å²) >= 11 is 0. The van der Waals surface area contributed by atoms with Crippen LogP contribution in [0.15, 0.2) is 30.5 Å². The second-order valence-electron chi connectivity index (χ2n) is 10.5. The Hall–Kier alpha value is -2.42. The third kappa shape index (κ3) is 3.01. The number of carbonyl (C=O) groups excluding carboxylic acids is 2. The number of aromatic nitrogens is 1.